The van der Waals surface area contributed by atoms with Crippen molar-refractivity contribution in [2.75, 3.05) is 17.7 Å². The van der Waals surface area contributed by atoms with E-state index in [0.717, 1.165) is 12.1 Å². The average molecular weight is 339 g/mol. The van der Waals surface area contributed by atoms with Gasteiger partial charge in [0.05, 0.1) is 5.56 Å². The van der Waals surface area contributed by atoms with Crippen LogP contribution in [-0.2, 0) is 6.18 Å². The number of benzene rings is 1. The van der Waals surface area contributed by atoms with Gasteiger partial charge in [0.25, 0.3) is 0 Å². The molecular formula is C14H12F3N5S. The van der Waals surface area contributed by atoms with E-state index in [1.807, 2.05) is 0 Å². The zero-order valence-corrected chi connectivity index (χ0v) is 13.0. The van der Waals surface area contributed by atoms with Gasteiger partial charge in [-0.25, -0.2) is 15.0 Å². The van der Waals surface area contributed by atoms with Gasteiger partial charge in [-0.15, -0.1) is 0 Å². The summed E-state index contributed by atoms with van der Waals surface area (Å²) in [5, 5.41) is 6.63. The summed E-state index contributed by atoms with van der Waals surface area (Å²) in [7, 11) is 1.75. The molecule has 1 aromatic carbocycles. The smallest absolute Gasteiger partial charge is 0.365 e. The van der Waals surface area contributed by atoms with Gasteiger partial charge in [0.15, 0.2) is 15.8 Å². The van der Waals surface area contributed by atoms with Gasteiger partial charge >= 0.3 is 6.18 Å². The molecule has 0 saturated carbocycles. The normalized spacial score (nSPS) is 11.7. The highest BCUT2D eigenvalue weighted by molar-refractivity contribution is 7.21. The third kappa shape index (κ3) is 3.19. The fourth-order valence-electron chi connectivity index (χ4n) is 2.00. The van der Waals surface area contributed by atoms with Crippen molar-refractivity contribution in [1.82, 2.24) is 15.0 Å². The topological polar surface area (TPSA) is 62.7 Å². The molecule has 0 atom stereocenters. The van der Waals surface area contributed by atoms with Crippen LogP contribution in [0.2, 0.25) is 0 Å². The van der Waals surface area contributed by atoms with E-state index in [0.29, 0.717) is 32.8 Å². The standard InChI is InChI=1S/C14H12F3N5S/c1-7-19-11(10-12(20-7)23-13(18-2)22-10)21-9-5-3-8(4-6-9)14(15,16)17/h3-6H,1-2H3,(H,18,22)(H,19,20,21). The SMILES string of the molecule is CNc1nc2c(Nc3ccc(C(F)(F)F)cc3)nc(C)nc2s1. The van der Waals surface area contributed by atoms with Crippen LogP contribution in [0.1, 0.15) is 11.4 Å². The molecule has 0 aliphatic heterocycles. The molecule has 2 heterocycles. The van der Waals surface area contributed by atoms with E-state index in [-0.39, 0.29) is 0 Å². The van der Waals surface area contributed by atoms with E-state index >= 15 is 0 Å². The first-order valence-electron chi connectivity index (χ1n) is 6.64. The van der Waals surface area contributed by atoms with Crippen molar-refractivity contribution in [2.24, 2.45) is 0 Å². The first-order valence-corrected chi connectivity index (χ1v) is 7.45. The molecule has 0 saturated heterocycles. The summed E-state index contributed by atoms with van der Waals surface area (Å²) >= 11 is 1.38. The number of halogens is 3. The number of thiazole rings is 1. The molecule has 0 radical (unpaired) electrons. The number of hydrogen-bond donors (Lipinski definition) is 2. The van der Waals surface area contributed by atoms with Gasteiger partial charge in [-0.3, -0.25) is 0 Å². The molecular weight excluding hydrogens is 327 g/mol. The Bertz CT molecular complexity index is 842. The molecule has 23 heavy (non-hydrogen) atoms. The van der Waals surface area contributed by atoms with Crippen molar-refractivity contribution in [2.45, 2.75) is 13.1 Å². The number of nitrogens with one attached hydrogen (secondary N) is 2. The van der Waals surface area contributed by atoms with Gasteiger partial charge in [0, 0.05) is 12.7 Å². The second-order valence-corrected chi connectivity index (χ2v) is 5.72. The van der Waals surface area contributed by atoms with Gasteiger partial charge < -0.3 is 10.6 Å². The van der Waals surface area contributed by atoms with Crippen LogP contribution < -0.4 is 10.6 Å². The maximum Gasteiger partial charge on any atom is 0.416 e. The molecule has 2 N–H and O–H groups in total. The Labute approximate surface area is 133 Å². The number of fused-ring (bicyclic) bond motifs is 1. The summed E-state index contributed by atoms with van der Waals surface area (Å²) in [4.78, 5) is 13.7. The average Bonchev–Trinajstić information content (AvgIpc) is 2.90. The van der Waals surface area contributed by atoms with E-state index in [4.69, 9.17) is 0 Å². The number of nitrogens with zero attached hydrogens (tertiary/aromatic N) is 3. The van der Waals surface area contributed by atoms with Crippen LogP contribution in [0.3, 0.4) is 0 Å². The van der Waals surface area contributed by atoms with E-state index in [1.54, 1.807) is 14.0 Å². The number of rotatable bonds is 3. The molecule has 120 valence electrons. The minimum Gasteiger partial charge on any atom is -0.365 e. The Morgan fingerprint density at radius 3 is 2.35 bits per heavy atom. The predicted octanol–water partition coefficient (Wildman–Crippen LogP) is 4.20. The highest BCUT2D eigenvalue weighted by atomic mass is 32.1. The Morgan fingerprint density at radius 2 is 1.74 bits per heavy atom. The fourth-order valence-corrected chi connectivity index (χ4v) is 2.84. The van der Waals surface area contributed by atoms with E-state index < -0.39 is 11.7 Å². The molecule has 0 aliphatic carbocycles. The van der Waals surface area contributed by atoms with Gasteiger partial charge in [-0.1, -0.05) is 11.3 Å². The zero-order chi connectivity index (χ0) is 16.6. The molecule has 5 nitrogen and oxygen atoms in total. The Balaban J connectivity index is 1.96. The number of alkyl halides is 3. The molecule has 9 heteroatoms. The van der Waals surface area contributed by atoms with Crippen LogP contribution in [0.4, 0.5) is 29.8 Å². The van der Waals surface area contributed by atoms with Crippen LogP contribution in [0.15, 0.2) is 24.3 Å². The molecule has 0 aliphatic rings. The zero-order valence-electron chi connectivity index (χ0n) is 12.2. The van der Waals surface area contributed by atoms with Gasteiger partial charge in [-0.05, 0) is 31.2 Å². The highest BCUT2D eigenvalue weighted by Gasteiger charge is 2.30. The highest BCUT2D eigenvalue weighted by Crippen LogP contribution is 2.32. The number of anilines is 3. The predicted molar refractivity (Wildman–Crippen MR) is 84.2 cm³/mol. The molecule has 0 spiro atoms. The monoisotopic (exact) mass is 339 g/mol. The quantitative estimate of drug-likeness (QED) is 0.749. The summed E-state index contributed by atoms with van der Waals surface area (Å²) in [6.45, 7) is 1.75. The lowest BCUT2D eigenvalue weighted by atomic mass is 10.2. The van der Waals surface area contributed by atoms with E-state index in [2.05, 4.69) is 25.6 Å². The molecule has 3 aromatic rings. The first-order chi connectivity index (χ1) is 10.9. The second kappa shape index (κ2) is 5.65. The molecule has 0 unspecified atom stereocenters. The molecule has 0 amide bonds. The fraction of sp³-hybridized carbons (Fsp3) is 0.214. The first kappa shape index (κ1) is 15.5. The van der Waals surface area contributed by atoms with Gasteiger partial charge in [0.2, 0.25) is 0 Å². The van der Waals surface area contributed by atoms with Crippen LogP contribution in [-0.4, -0.2) is 22.0 Å². The van der Waals surface area contributed by atoms with Crippen molar-refractivity contribution in [3.05, 3.63) is 35.7 Å². The Morgan fingerprint density at radius 1 is 1.04 bits per heavy atom. The summed E-state index contributed by atoms with van der Waals surface area (Å²) in [6, 6.07) is 4.76. The van der Waals surface area contributed by atoms with E-state index in [9.17, 15) is 13.2 Å². The number of aryl methyl sites for hydroxylation is 1. The van der Waals surface area contributed by atoms with Crippen molar-refractivity contribution in [3.8, 4) is 0 Å². The lowest BCUT2D eigenvalue weighted by Gasteiger charge is -2.09. The summed E-state index contributed by atoms with van der Waals surface area (Å²) in [6.07, 6.45) is -4.35. The van der Waals surface area contributed by atoms with Gasteiger partial charge in [0.1, 0.15) is 11.3 Å². The summed E-state index contributed by atoms with van der Waals surface area (Å²) in [5.41, 5.74) is 0.374. The van der Waals surface area contributed by atoms with Crippen molar-refractivity contribution >= 4 is 38.3 Å². The molecule has 2 aromatic heterocycles. The van der Waals surface area contributed by atoms with E-state index in [1.165, 1.54) is 23.5 Å². The lowest BCUT2D eigenvalue weighted by molar-refractivity contribution is -0.137. The van der Waals surface area contributed by atoms with Crippen molar-refractivity contribution in [1.29, 1.82) is 0 Å². The van der Waals surface area contributed by atoms with Crippen molar-refractivity contribution < 1.29 is 13.2 Å². The van der Waals surface area contributed by atoms with Crippen LogP contribution in [0.5, 0.6) is 0 Å². The minimum absolute atomic E-state index is 0.463. The molecule has 3 rings (SSSR count). The lowest BCUT2D eigenvalue weighted by Crippen LogP contribution is -2.04. The Kier molecular flexibility index (Phi) is 3.80. The largest absolute Gasteiger partial charge is 0.416 e. The van der Waals surface area contributed by atoms with Crippen LogP contribution in [0, 0.1) is 6.92 Å². The number of aromatic nitrogens is 3. The minimum atomic E-state index is -4.35. The summed E-state index contributed by atoms with van der Waals surface area (Å²) in [5.74, 6) is 1.02. The van der Waals surface area contributed by atoms with Crippen LogP contribution in [0.25, 0.3) is 10.3 Å². The molecule has 0 fully saturated rings. The summed E-state index contributed by atoms with van der Waals surface area (Å²) < 4.78 is 37.8. The van der Waals surface area contributed by atoms with Crippen LogP contribution >= 0.6 is 11.3 Å². The third-order valence-corrected chi connectivity index (χ3v) is 4.03. The van der Waals surface area contributed by atoms with Gasteiger partial charge in [-0.2, -0.15) is 13.2 Å². The maximum absolute atomic E-state index is 12.6. The molecule has 0 bridgehead atoms. The Hall–Kier alpha value is -2.42. The maximum atomic E-state index is 12.6. The third-order valence-electron chi connectivity index (χ3n) is 3.06. The van der Waals surface area contributed by atoms with Crippen molar-refractivity contribution in [3.63, 3.8) is 0 Å². The number of hydrogen-bond acceptors (Lipinski definition) is 6. The second-order valence-electron chi connectivity index (χ2n) is 4.74.